The van der Waals surface area contributed by atoms with Gasteiger partial charge in [0.2, 0.25) is 5.91 Å². The summed E-state index contributed by atoms with van der Waals surface area (Å²) < 4.78 is 24.7. The van der Waals surface area contributed by atoms with Gasteiger partial charge in [-0.05, 0) is 47.5 Å². The van der Waals surface area contributed by atoms with Gasteiger partial charge >= 0.3 is 0 Å². The number of rotatable bonds is 5. The summed E-state index contributed by atoms with van der Waals surface area (Å²) in [5, 5.41) is 14.2. The van der Waals surface area contributed by atoms with Crippen LogP contribution in [-0.4, -0.2) is 70.6 Å². The van der Waals surface area contributed by atoms with Crippen molar-refractivity contribution in [2.24, 2.45) is 0 Å². The van der Waals surface area contributed by atoms with E-state index in [0.29, 0.717) is 6.42 Å². The summed E-state index contributed by atoms with van der Waals surface area (Å²) in [4.78, 5) is 13.8. The molecule has 25 heavy (non-hydrogen) atoms. The van der Waals surface area contributed by atoms with E-state index in [1.165, 1.54) is 11.2 Å². The van der Waals surface area contributed by atoms with Crippen molar-refractivity contribution >= 4 is 21.4 Å². The number of sulfone groups is 1. The molecular weight excluding hydrogens is 344 g/mol. The van der Waals surface area contributed by atoms with Gasteiger partial charge in [-0.1, -0.05) is 0 Å². The number of amides is 1. The molecule has 0 saturated carbocycles. The quantitative estimate of drug-likeness (QED) is 0.797. The molecule has 2 aromatic rings. The van der Waals surface area contributed by atoms with E-state index in [1.807, 2.05) is 25.1 Å². The fraction of sp³-hybridized carbons (Fsp3) is 0.467. The van der Waals surface area contributed by atoms with Gasteiger partial charge in [-0.2, -0.15) is 0 Å². The van der Waals surface area contributed by atoms with Gasteiger partial charge in [0.15, 0.2) is 9.84 Å². The average molecular weight is 364 g/mol. The van der Waals surface area contributed by atoms with Crippen molar-refractivity contribution in [2.45, 2.75) is 19.4 Å². The topological polar surface area (TPSA) is 110 Å². The first-order valence-electron chi connectivity index (χ1n) is 7.90. The summed E-state index contributed by atoms with van der Waals surface area (Å²) in [6, 6.07) is 5.39. The van der Waals surface area contributed by atoms with Gasteiger partial charge in [0.25, 0.3) is 0 Å². The molecule has 3 rings (SSSR count). The third-order valence-corrected chi connectivity index (χ3v) is 6.14. The Hall–Kier alpha value is -2.49. The van der Waals surface area contributed by atoms with Gasteiger partial charge in [-0.25, -0.2) is 13.1 Å². The zero-order valence-electron chi connectivity index (χ0n) is 14.1. The third-order valence-electron chi connectivity index (χ3n) is 4.39. The summed E-state index contributed by atoms with van der Waals surface area (Å²) in [5.41, 5.74) is 2.62. The zero-order chi connectivity index (χ0) is 18.0. The van der Waals surface area contributed by atoms with Crippen molar-refractivity contribution in [3.63, 3.8) is 0 Å². The first kappa shape index (κ1) is 17.3. The minimum Gasteiger partial charge on any atom is -0.376 e. The molecule has 9 nitrogen and oxygen atoms in total. The van der Waals surface area contributed by atoms with Gasteiger partial charge in [0.05, 0.1) is 23.7 Å². The van der Waals surface area contributed by atoms with E-state index >= 15 is 0 Å². The van der Waals surface area contributed by atoms with Crippen LogP contribution in [0.5, 0.6) is 0 Å². The van der Waals surface area contributed by atoms with Crippen molar-refractivity contribution in [3.05, 3.63) is 30.1 Å². The van der Waals surface area contributed by atoms with Gasteiger partial charge in [-0.15, -0.1) is 5.10 Å². The van der Waals surface area contributed by atoms with Crippen LogP contribution in [0, 0.1) is 6.92 Å². The molecule has 1 amide bonds. The van der Waals surface area contributed by atoms with E-state index in [4.69, 9.17) is 0 Å². The van der Waals surface area contributed by atoms with Crippen LogP contribution < -0.4 is 5.32 Å². The normalized spacial score (nSPS) is 18.9. The Morgan fingerprint density at radius 1 is 1.44 bits per heavy atom. The number of nitrogens with zero attached hydrogens (tertiary/aromatic N) is 5. The van der Waals surface area contributed by atoms with Crippen molar-refractivity contribution < 1.29 is 13.2 Å². The van der Waals surface area contributed by atoms with Crippen LogP contribution in [0.25, 0.3) is 5.69 Å². The lowest BCUT2D eigenvalue weighted by Gasteiger charge is -2.23. The highest BCUT2D eigenvalue weighted by Crippen LogP contribution is 2.19. The lowest BCUT2D eigenvalue weighted by molar-refractivity contribution is -0.129. The highest BCUT2D eigenvalue weighted by atomic mass is 32.2. The maximum atomic E-state index is 12.3. The second-order valence-electron chi connectivity index (χ2n) is 6.17. The first-order valence-corrected chi connectivity index (χ1v) is 9.72. The molecule has 1 aromatic heterocycles. The lowest BCUT2D eigenvalue weighted by atomic mass is 10.1. The molecule has 1 aromatic carbocycles. The number of aromatic nitrogens is 4. The molecule has 10 heteroatoms. The number of hydrogen-bond donors (Lipinski definition) is 1. The second kappa shape index (κ2) is 6.79. The molecular formula is C15H20N6O3S. The number of anilines is 1. The monoisotopic (exact) mass is 364 g/mol. The molecule has 1 atom stereocenters. The third kappa shape index (κ3) is 3.95. The summed E-state index contributed by atoms with van der Waals surface area (Å²) in [5.74, 6) is 0.0690. The predicted octanol–water partition coefficient (Wildman–Crippen LogP) is 0.0281. The Morgan fingerprint density at radius 2 is 2.24 bits per heavy atom. The number of aryl methyl sites for hydroxylation is 1. The van der Waals surface area contributed by atoms with E-state index in [1.54, 1.807) is 11.7 Å². The average Bonchev–Trinajstić information content (AvgIpc) is 3.21. The fourth-order valence-electron chi connectivity index (χ4n) is 2.88. The van der Waals surface area contributed by atoms with Crippen molar-refractivity contribution in [1.29, 1.82) is 0 Å². The Labute approximate surface area is 145 Å². The standard InChI is InChI=1S/C15H20N6O3S/c1-11-7-12(3-4-14(11)21-10-17-18-19-21)16-8-15(22)20(2)13-5-6-25(23,24)9-13/h3-4,7,10,13,16H,5-6,8-9H2,1-2H3/t13-/m1/s1. The van der Waals surface area contributed by atoms with E-state index in [0.717, 1.165) is 16.9 Å². The summed E-state index contributed by atoms with van der Waals surface area (Å²) in [6.45, 7) is 2.04. The SMILES string of the molecule is Cc1cc(NCC(=O)N(C)[C@@H]2CCS(=O)(=O)C2)ccc1-n1cnnn1. The second-order valence-corrected chi connectivity index (χ2v) is 8.40. The van der Waals surface area contributed by atoms with Crippen LogP contribution in [0.15, 0.2) is 24.5 Å². The molecule has 0 aliphatic carbocycles. The highest BCUT2D eigenvalue weighted by Gasteiger charge is 2.32. The van der Waals surface area contributed by atoms with Gasteiger partial charge < -0.3 is 10.2 Å². The number of carbonyl (C=O) groups is 1. The van der Waals surface area contributed by atoms with Crippen LogP contribution in [0.1, 0.15) is 12.0 Å². The van der Waals surface area contributed by atoms with Crippen molar-refractivity contribution in [3.8, 4) is 5.69 Å². The maximum Gasteiger partial charge on any atom is 0.241 e. The van der Waals surface area contributed by atoms with Crippen LogP contribution in [-0.2, 0) is 14.6 Å². The minimum atomic E-state index is -3.01. The molecule has 0 unspecified atom stereocenters. The molecule has 1 fully saturated rings. The molecule has 134 valence electrons. The van der Waals surface area contributed by atoms with Crippen LogP contribution in [0.2, 0.25) is 0 Å². The van der Waals surface area contributed by atoms with Gasteiger partial charge in [-0.3, -0.25) is 4.79 Å². The van der Waals surface area contributed by atoms with E-state index in [-0.39, 0.29) is 30.0 Å². The molecule has 1 saturated heterocycles. The maximum absolute atomic E-state index is 12.3. The van der Waals surface area contributed by atoms with E-state index in [2.05, 4.69) is 20.8 Å². The zero-order valence-corrected chi connectivity index (χ0v) is 14.9. The number of carbonyl (C=O) groups excluding carboxylic acids is 1. The summed E-state index contributed by atoms with van der Waals surface area (Å²) in [7, 11) is -1.35. The Bertz CT molecular complexity index is 865. The van der Waals surface area contributed by atoms with Gasteiger partial charge in [0.1, 0.15) is 6.33 Å². The first-order chi connectivity index (χ1) is 11.9. The molecule has 0 bridgehead atoms. The molecule has 0 radical (unpaired) electrons. The Morgan fingerprint density at radius 3 is 2.84 bits per heavy atom. The summed E-state index contributed by atoms with van der Waals surface area (Å²) >= 11 is 0. The Kier molecular flexibility index (Phi) is 4.71. The van der Waals surface area contributed by atoms with Crippen LogP contribution >= 0.6 is 0 Å². The number of likely N-dealkylation sites (N-methyl/N-ethyl adjacent to an activating group) is 1. The van der Waals surface area contributed by atoms with E-state index < -0.39 is 9.84 Å². The van der Waals surface area contributed by atoms with E-state index in [9.17, 15) is 13.2 Å². The fourth-order valence-corrected chi connectivity index (χ4v) is 4.66. The molecule has 2 heterocycles. The van der Waals surface area contributed by atoms with Crippen LogP contribution in [0.4, 0.5) is 5.69 Å². The summed E-state index contributed by atoms with van der Waals surface area (Å²) in [6.07, 6.45) is 2.02. The molecule has 1 N–H and O–H groups in total. The number of tetrazole rings is 1. The predicted molar refractivity (Wildman–Crippen MR) is 92.2 cm³/mol. The largest absolute Gasteiger partial charge is 0.376 e. The lowest BCUT2D eigenvalue weighted by Crippen LogP contribution is -2.40. The highest BCUT2D eigenvalue weighted by molar-refractivity contribution is 7.91. The Balaban J connectivity index is 1.60. The smallest absolute Gasteiger partial charge is 0.241 e. The number of hydrogen-bond acceptors (Lipinski definition) is 7. The minimum absolute atomic E-state index is 0.0506. The van der Waals surface area contributed by atoms with Crippen LogP contribution in [0.3, 0.4) is 0 Å². The van der Waals surface area contributed by atoms with Crippen molar-refractivity contribution in [1.82, 2.24) is 25.1 Å². The van der Waals surface area contributed by atoms with Gasteiger partial charge in [0, 0.05) is 18.8 Å². The molecule has 1 aliphatic rings. The number of nitrogens with one attached hydrogen (secondary N) is 1. The number of benzene rings is 1. The molecule has 1 aliphatic heterocycles. The van der Waals surface area contributed by atoms with Crippen molar-refractivity contribution in [2.75, 3.05) is 30.4 Å². The molecule has 0 spiro atoms.